The van der Waals surface area contributed by atoms with Crippen LogP contribution in [-0.4, -0.2) is 57.3 Å². The van der Waals surface area contributed by atoms with Crippen LogP contribution in [0.25, 0.3) is 0 Å². The molecule has 1 aliphatic heterocycles. The molecule has 8 nitrogen and oxygen atoms in total. The van der Waals surface area contributed by atoms with E-state index in [1.54, 1.807) is 30.5 Å². The van der Waals surface area contributed by atoms with Crippen LogP contribution in [0.4, 0.5) is 5.82 Å². The van der Waals surface area contributed by atoms with Crippen molar-refractivity contribution in [2.75, 3.05) is 32.1 Å². The third-order valence-corrected chi connectivity index (χ3v) is 3.78. The first kappa shape index (κ1) is 15.7. The number of amides is 1. The number of ether oxygens (including phenoxy) is 1. The SMILES string of the molecule is CNc1nccnc1C1CN(C(=O)Cn2cc(Cl)cn2)CCO1. The number of hydrogen-bond acceptors (Lipinski definition) is 6. The monoisotopic (exact) mass is 336 g/mol. The van der Waals surface area contributed by atoms with Crippen molar-refractivity contribution in [3.05, 3.63) is 35.5 Å². The zero-order chi connectivity index (χ0) is 16.2. The van der Waals surface area contributed by atoms with Crippen LogP contribution in [0, 0.1) is 0 Å². The van der Waals surface area contributed by atoms with Gasteiger partial charge in [0.05, 0.1) is 24.4 Å². The highest BCUT2D eigenvalue weighted by molar-refractivity contribution is 6.30. The number of nitrogens with one attached hydrogen (secondary N) is 1. The van der Waals surface area contributed by atoms with Crippen LogP contribution < -0.4 is 5.32 Å². The molecule has 122 valence electrons. The zero-order valence-corrected chi connectivity index (χ0v) is 13.4. The Morgan fingerprint density at radius 1 is 1.48 bits per heavy atom. The molecule has 2 aromatic rings. The summed E-state index contributed by atoms with van der Waals surface area (Å²) in [5.41, 5.74) is 0.703. The van der Waals surface area contributed by atoms with Crippen molar-refractivity contribution < 1.29 is 9.53 Å². The average Bonchev–Trinajstić information content (AvgIpc) is 2.99. The minimum Gasteiger partial charge on any atom is -0.372 e. The summed E-state index contributed by atoms with van der Waals surface area (Å²) in [5.74, 6) is 0.624. The lowest BCUT2D eigenvalue weighted by atomic mass is 10.2. The minimum absolute atomic E-state index is 0.0343. The first-order valence-corrected chi connectivity index (χ1v) is 7.61. The molecule has 0 aromatic carbocycles. The van der Waals surface area contributed by atoms with Gasteiger partial charge in [-0.25, -0.2) is 4.98 Å². The van der Waals surface area contributed by atoms with Crippen molar-refractivity contribution in [1.82, 2.24) is 24.6 Å². The first-order chi connectivity index (χ1) is 11.2. The highest BCUT2D eigenvalue weighted by Gasteiger charge is 2.28. The van der Waals surface area contributed by atoms with Crippen LogP contribution >= 0.6 is 11.6 Å². The molecule has 1 unspecified atom stereocenters. The van der Waals surface area contributed by atoms with E-state index in [2.05, 4.69) is 20.4 Å². The van der Waals surface area contributed by atoms with Crippen molar-refractivity contribution in [3.8, 4) is 0 Å². The number of halogens is 1. The standard InChI is InChI=1S/C14H17ClN6O2/c1-16-14-13(17-2-3-18-14)11-8-20(4-5-23-11)12(22)9-21-7-10(15)6-19-21/h2-3,6-7,11H,4-5,8-9H2,1H3,(H,16,18). The molecular formula is C14H17ClN6O2. The lowest BCUT2D eigenvalue weighted by molar-refractivity contribution is -0.140. The number of carbonyl (C=O) groups excluding carboxylic acids is 1. The molecular weight excluding hydrogens is 320 g/mol. The highest BCUT2D eigenvalue weighted by atomic mass is 35.5. The molecule has 2 aromatic heterocycles. The number of carbonyl (C=O) groups is 1. The molecule has 0 radical (unpaired) electrons. The Morgan fingerprint density at radius 3 is 3.04 bits per heavy atom. The first-order valence-electron chi connectivity index (χ1n) is 7.23. The van der Waals surface area contributed by atoms with Gasteiger partial charge in [0.15, 0.2) is 0 Å². The van der Waals surface area contributed by atoms with E-state index >= 15 is 0 Å². The maximum absolute atomic E-state index is 12.4. The Balaban J connectivity index is 1.69. The lowest BCUT2D eigenvalue weighted by Crippen LogP contribution is -2.44. The molecule has 9 heteroatoms. The molecule has 3 heterocycles. The number of anilines is 1. The quantitative estimate of drug-likeness (QED) is 0.895. The fourth-order valence-electron chi connectivity index (χ4n) is 2.48. The van der Waals surface area contributed by atoms with Crippen LogP contribution in [-0.2, 0) is 16.1 Å². The Kier molecular flexibility index (Phi) is 4.73. The van der Waals surface area contributed by atoms with Gasteiger partial charge in [0.1, 0.15) is 24.2 Å². The Bertz CT molecular complexity index is 691. The second-order valence-electron chi connectivity index (χ2n) is 5.10. The summed E-state index contributed by atoms with van der Waals surface area (Å²) >= 11 is 5.82. The Morgan fingerprint density at radius 2 is 2.30 bits per heavy atom. The third kappa shape index (κ3) is 3.59. The zero-order valence-electron chi connectivity index (χ0n) is 12.6. The summed E-state index contributed by atoms with van der Waals surface area (Å²) in [6.07, 6.45) is 6.06. The van der Waals surface area contributed by atoms with Gasteiger partial charge in [-0.05, 0) is 0 Å². The Hall–Kier alpha value is -2.19. The molecule has 1 aliphatic rings. The molecule has 0 bridgehead atoms. The molecule has 1 saturated heterocycles. The van der Waals surface area contributed by atoms with Gasteiger partial charge in [-0.1, -0.05) is 11.6 Å². The summed E-state index contributed by atoms with van der Waals surface area (Å²) in [7, 11) is 1.78. The third-order valence-electron chi connectivity index (χ3n) is 3.59. The van der Waals surface area contributed by atoms with E-state index in [1.165, 1.54) is 10.9 Å². The smallest absolute Gasteiger partial charge is 0.244 e. The second kappa shape index (κ2) is 6.93. The predicted molar refractivity (Wildman–Crippen MR) is 84.1 cm³/mol. The average molecular weight is 337 g/mol. The lowest BCUT2D eigenvalue weighted by Gasteiger charge is -2.33. The van der Waals surface area contributed by atoms with Crippen LogP contribution in [0.1, 0.15) is 11.8 Å². The molecule has 1 atom stereocenters. The van der Waals surface area contributed by atoms with E-state index in [9.17, 15) is 4.79 Å². The Labute approximate surface area is 138 Å². The van der Waals surface area contributed by atoms with Crippen molar-refractivity contribution in [2.24, 2.45) is 0 Å². The van der Waals surface area contributed by atoms with Crippen molar-refractivity contribution in [3.63, 3.8) is 0 Å². The summed E-state index contributed by atoms with van der Waals surface area (Å²) in [6, 6.07) is 0. The molecule has 23 heavy (non-hydrogen) atoms. The van der Waals surface area contributed by atoms with Crippen LogP contribution in [0.2, 0.25) is 5.02 Å². The fourth-order valence-corrected chi connectivity index (χ4v) is 2.64. The van der Waals surface area contributed by atoms with E-state index in [0.29, 0.717) is 36.2 Å². The van der Waals surface area contributed by atoms with Crippen molar-refractivity contribution in [1.29, 1.82) is 0 Å². The van der Waals surface area contributed by atoms with Crippen LogP contribution in [0.15, 0.2) is 24.8 Å². The van der Waals surface area contributed by atoms with Gasteiger partial charge in [-0.3, -0.25) is 14.5 Å². The maximum Gasteiger partial charge on any atom is 0.244 e. The molecule has 0 spiro atoms. The topological polar surface area (TPSA) is 85.2 Å². The number of rotatable bonds is 4. The van der Waals surface area contributed by atoms with Gasteiger partial charge < -0.3 is 15.0 Å². The molecule has 1 fully saturated rings. The maximum atomic E-state index is 12.4. The van der Waals surface area contributed by atoms with E-state index in [1.807, 2.05) is 0 Å². The van der Waals surface area contributed by atoms with Gasteiger partial charge in [0.25, 0.3) is 0 Å². The van der Waals surface area contributed by atoms with E-state index in [0.717, 1.165) is 0 Å². The molecule has 1 N–H and O–H groups in total. The number of morpholine rings is 1. The fraction of sp³-hybridized carbons (Fsp3) is 0.429. The van der Waals surface area contributed by atoms with Gasteiger partial charge in [0.2, 0.25) is 5.91 Å². The summed E-state index contributed by atoms with van der Waals surface area (Å²) in [5, 5.41) is 7.53. The minimum atomic E-state index is -0.301. The van der Waals surface area contributed by atoms with Gasteiger partial charge in [0, 0.05) is 32.2 Å². The molecule has 3 rings (SSSR count). The molecule has 0 saturated carbocycles. The van der Waals surface area contributed by atoms with Gasteiger partial charge in [-0.2, -0.15) is 5.10 Å². The highest BCUT2D eigenvalue weighted by Crippen LogP contribution is 2.25. The van der Waals surface area contributed by atoms with Gasteiger partial charge >= 0.3 is 0 Å². The van der Waals surface area contributed by atoms with Crippen molar-refractivity contribution in [2.45, 2.75) is 12.6 Å². The number of nitrogens with zero attached hydrogens (tertiary/aromatic N) is 5. The number of aromatic nitrogens is 4. The van der Waals surface area contributed by atoms with Crippen molar-refractivity contribution >= 4 is 23.3 Å². The second-order valence-corrected chi connectivity index (χ2v) is 5.53. The summed E-state index contributed by atoms with van der Waals surface area (Å²) in [4.78, 5) is 22.7. The number of hydrogen-bond donors (Lipinski definition) is 1. The summed E-state index contributed by atoms with van der Waals surface area (Å²) < 4.78 is 7.29. The molecule has 1 amide bonds. The van der Waals surface area contributed by atoms with Crippen LogP contribution in [0.3, 0.4) is 0 Å². The normalized spacial score (nSPS) is 18.0. The summed E-state index contributed by atoms with van der Waals surface area (Å²) in [6.45, 7) is 1.58. The van der Waals surface area contributed by atoms with Crippen LogP contribution in [0.5, 0.6) is 0 Å². The predicted octanol–water partition coefficient (Wildman–Crippen LogP) is 0.968. The van der Waals surface area contributed by atoms with E-state index in [-0.39, 0.29) is 18.6 Å². The van der Waals surface area contributed by atoms with E-state index < -0.39 is 0 Å². The van der Waals surface area contributed by atoms with Gasteiger partial charge in [-0.15, -0.1) is 0 Å². The molecule has 0 aliphatic carbocycles. The van der Waals surface area contributed by atoms with E-state index in [4.69, 9.17) is 16.3 Å². The largest absolute Gasteiger partial charge is 0.372 e.